The molecule has 3 aromatic rings. The van der Waals surface area contributed by atoms with Crippen molar-refractivity contribution >= 4 is 16.8 Å². The number of H-pyrrole nitrogens is 1. The lowest BCUT2D eigenvalue weighted by atomic mass is 9.99. The summed E-state index contributed by atoms with van der Waals surface area (Å²) in [4.78, 5) is 22.7. The first-order chi connectivity index (χ1) is 13.7. The van der Waals surface area contributed by atoms with Gasteiger partial charge in [-0.25, -0.2) is 0 Å². The average Bonchev–Trinajstić information content (AvgIpc) is 3.26. The number of aromatic amines is 1. The Morgan fingerprint density at radius 1 is 1.14 bits per heavy atom. The van der Waals surface area contributed by atoms with E-state index in [2.05, 4.69) is 14.9 Å². The molecule has 4 heterocycles. The molecule has 2 aliphatic heterocycles. The van der Waals surface area contributed by atoms with Crippen LogP contribution in [0.4, 0.5) is 0 Å². The Hall–Kier alpha value is -3.02. The SMILES string of the molecule is COc1ccc2cc(C(=O)N3C4CCC3CC(Oc3cccnc3)C4)[nH]c2c1. The molecule has 1 N–H and O–H groups in total. The summed E-state index contributed by atoms with van der Waals surface area (Å²) in [6, 6.07) is 12.0. The lowest BCUT2D eigenvalue weighted by Crippen LogP contribution is -2.49. The topological polar surface area (TPSA) is 67.4 Å². The first kappa shape index (κ1) is 17.1. The Bertz CT molecular complexity index is 987. The maximum Gasteiger partial charge on any atom is 0.270 e. The van der Waals surface area contributed by atoms with E-state index in [0.717, 1.165) is 48.1 Å². The minimum absolute atomic E-state index is 0.0856. The van der Waals surface area contributed by atoms with Crippen LogP contribution in [0.1, 0.15) is 36.2 Å². The number of aromatic nitrogens is 2. The number of pyridine rings is 1. The number of methoxy groups -OCH3 is 1. The molecule has 2 bridgehead atoms. The molecule has 6 heteroatoms. The van der Waals surface area contributed by atoms with E-state index < -0.39 is 0 Å². The second-order valence-corrected chi connectivity index (χ2v) is 7.63. The number of nitrogens with one attached hydrogen (secondary N) is 1. The summed E-state index contributed by atoms with van der Waals surface area (Å²) in [5.41, 5.74) is 1.57. The van der Waals surface area contributed by atoms with E-state index >= 15 is 0 Å². The van der Waals surface area contributed by atoms with Gasteiger partial charge < -0.3 is 19.4 Å². The summed E-state index contributed by atoms with van der Waals surface area (Å²) < 4.78 is 11.4. The number of fused-ring (bicyclic) bond motifs is 3. The van der Waals surface area contributed by atoms with Gasteiger partial charge in [0.1, 0.15) is 23.3 Å². The van der Waals surface area contributed by atoms with Gasteiger partial charge in [0.2, 0.25) is 0 Å². The van der Waals surface area contributed by atoms with Crippen LogP contribution in [0.3, 0.4) is 0 Å². The highest BCUT2D eigenvalue weighted by Gasteiger charge is 2.44. The van der Waals surface area contributed by atoms with Crippen molar-refractivity contribution < 1.29 is 14.3 Å². The van der Waals surface area contributed by atoms with Crippen LogP contribution in [-0.4, -0.2) is 46.1 Å². The van der Waals surface area contributed by atoms with Gasteiger partial charge in [0.15, 0.2) is 0 Å². The van der Waals surface area contributed by atoms with Crippen molar-refractivity contribution in [1.82, 2.24) is 14.9 Å². The fraction of sp³-hybridized carbons (Fsp3) is 0.364. The molecule has 2 saturated heterocycles. The summed E-state index contributed by atoms with van der Waals surface area (Å²) in [6.07, 6.45) is 7.44. The Morgan fingerprint density at radius 3 is 2.68 bits per heavy atom. The minimum atomic E-state index is 0.0856. The minimum Gasteiger partial charge on any atom is -0.497 e. The molecule has 5 rings (SSSR count). The molecule has 144 valence electrons. The Balaban J connectivity index is 1.34. The number of ether oxygens (including phenoxy) is 2. The van der Waals surface area contributed by atoms with Gasteiger partial charge in [0, 0.05) is 48.1 Å². The number of amides is 1. The standard InChI is InChI=1S/C22H23N3O3/c1-27-17-7-4-14-9-21(24-20(14)12-17)22(26)25-15-5-6-16(25)11-19(10-15)28-18-3-2-8-23-13-18/h2-4,7-9,12-13,15-16,19,24H,5-6,10-11H2,1H3. The van der Waals surface area contributed by atoms with Crippen LogP contribution >= 0.6 is 0 Å². The van der Waals surface area contributed by atoms with Gasteiger partial charge in [-0.2, -0.15) is 0 Å². The molecule has 0 spiro atoms. The van der Waals surface area contributed by atoms with Gasteiger partial charge in [0.05, 0.1) is 13.3 Å². The van der Waals surface area contributed by atoms with Crippen LogP contribution in [0.15, 0.2) is 48.8 Å². The molecule has 2 atom stereocenters. The molecule has 6 nitrogen and oxygen atoms in total. The number of hydrogen-bond acceptors (Lipinski definition) is 4. The highest BCUT2D eigenvalue weighted by Crippen LogP contribution is 2.38. The summed E-state index contributed by atoms with van der Waals surface area (Å²) in [5.74, 6) is 1.67. The quantitative estimate of drug-likeness (QED) is 0.751. The molecular weight excluding hydrogens is 354 g/mol. The molecular formula is C22H23N3O3. The fourth-order valence-electron chi connectivity index (χ4n) is 4.65. The van der Waals surface area contributed by atoms with Crippen molar-refractivity contribution in [2.24, 2.45) is 0 Å². The van der Waals surface area contributed by atoms with E-state index in [-0.39, 0.29) is 24.1 Å². The summed E-state index contributed by atoms with van der Waals surface area (Å²) in [6.45, 7) is 0. The molecule has 2 fully saturated rings. The number of nitrogens with zero attached hydrogens (tertiary/aromatic N) is 2. The molecule has 2 aliphatic rings. The molecule has 1 amide bonds. The Morgan fingerprint density at radius 2 is 1.96 bits per heavy atom. The van der Waals surface area contributed by atoms with Crippen LogP contribution in [0.2, 0.25) is 0 Å². The van der Waals surface area contributed by atoms with E-state index in [1.54, 1.807) is 19.5 Å². The Kier molecular flexibility index (Phi) is 4.19. The summed E-state index contributed by atoms with van der Waals surface area (Å²) in [7, 11) is 1.64. The molecule has 0 aliphatic carbocycles. The normalized spacial score (nSPS) is 23.8. The van der Waals surface area contributed by atoms with Crippen molar-refractivity contribution in [1.29, 1.82) is 0 Å². The third-order valence-corrected chi connectivity index (χ3v) is 5.92. The van der Waals surface area contributed by atoms with Crippen molar-refractivity contribution in [2.75, 3.05) is 7.11 Å². The number of carbonyl (C=O) groups excluding carboxylic acids is 1. The number of carbonyl (C=O) groups is 1. The van der Waals surface area contributed by atoms with Crippen LogP contribution in [0.25, 0.3) is 10.9 Å². The van der Waals surface area contributed by atoms with Crippen molar-refractivity contribution in [3.05, 3.63) is 54.5 Å². The molecule has 0 saturated carbocycles. The van der Waals surface area contributed by atoms with Gasteiger partial charge in [-0.15, -0.1) is 0 Å². The maximum atomic E-state index is 13.3. The lowest BCUT2D eigenvalue weighted by Gasteiger charge is -2.38. The maximum absolute atomic E-state index is 13.3. The summed E-state index contributed by atoms with van der Waals surface area (Å²) in [5, 5.41) is 1.02. The predicted octanol–water partition coefficient (Wildman–Crippen LogP) is 3.79. The highest BCUT2D eigenvalue weighted by molar-refractivity contribution is 5.98. The van der Waals surface area contributed by atoms with Gasteiger partial charge in [0.25, 0.3) is 5.91 Å². The fourth-order valence-corrected chi connectivity index (χ4v) is 4.65. The van der Waals surface area contributed by atoms with Gasteiger partial charge >= 0.3 is 0 Å². The third-order valence-electron chi connectivity index (χ3n) is 5.92. The van der Waals surface area contributed by atoms with E-state index in [1.807, 2.05) is 36.4 Å². The zero-order chi connectivity index (χ0) is 19.1. The van der Waals surface area contributed by atoms with Crippen LogP contribution in [0.5, 0.6) is 11.5 Å². The molecule has 2 unspecified atom stereocenters. The van der Waals surface area contributed by atoms with Crippen molar-refractivity contribution in [2.45, 2.75) is 43.9 Å². The van der Waals surface area contributed by atoms with Crippen LogP contribution in [0, 0.1) is 0 Å². The van der Waals surface area contributed by atoms with Crippen molar-refractivity contribution in [3.8, 4) is 11.5 Å². The zero-order valence-corrected chi connectivity index (χ0v) is 15.8. The first-order valence-electron chi connectivity index (χ1n) is 9.77. The highest BCUT2D eigenvalue weighted by atomic mass is 16.5. The lowest BCUT2D eigenvalue weighted by molar-refractivity contribution is 0.0354. The number of piperidine rings is 1. The first-order valence-corrected chi connectivity index (χ1v) is 9.77. The molecule has 2 aromatic heterocycles. The Labute approximate surface area is 163 Å². The van der Waals surface area contributed by atoms with E-state index in [0.29, 0.717) is 5.69 Å². The van der Waals surface area contributed by atoms with Gasteiger partial charge in [-0.3, -0.25) is 9.78 Å². The van der Waals surface area contributed by atoms with Gasteiger partial charge in [-0.05, 0) is 43.2 Å². The third kappa shape index (κ3) is 2.99. The molecule has 28 heavy (non-hydrogen) atoms. The predicted molar refractivity (Wildman–Crippen MR) is 106 cm³/mol. The van der Waals surface area contributed by atoms with Crippen LogP contribution in [-0.2, 0) is 0 Å². The second kappa shape index (κ2) is 6.86. The largest absolute Gasteiger partial charge is 0.497 e. The number of hydrogen-bond donors (Lipinski definition) is 1. The van der Waals surface area contributed by atoms with Crippen molar-refractivity contribution in [3.63, 3.8) is 0 Å². The zero-order valence-electron chi connectivity index (χ0n) is 15.8. The van der Waals surface area contributed by atoms with E-state index in [4.69, 9.17) is 9.47 Å². The van der Waals surface area contributed by atoms with Gasteiger partial charge in [-0.1, -0.05) is 0 Å². The van der Waals surface area contributed by atoms with Crippen LogP contribution < -0.4 is 9.47 Å². The smallest absolute Gasteiger partial charge is 0.270 e. The molecule has 0 radical (unpaired) electrons. The second-order valence-electron chi connectivity index (χ2n) is 7.63. The molecule has 1 aromatic carbocycles. The average molecular weight is 377 g/mol. The van der Waals surface area contributed by atoms with E-state index in [9.17, 15) is 4.79 Å². The number of rotatable bonds is 4. The monoisotopic (exact) mass is 377 g/mol. The van der Waals surface area contributed by atoms with E-state index in [1.165, 1.54) is 0 Å². The number of benzene rings is 1. The summed E-state index contributed by atoms with van der Waals surface area (Å²) >= 11 is 0.